The Labute approximate surface area is 138 Å². The van der Waals surface area contributed by atoms with E-state index in [2.05, 4.69) is 47.4 Å². The molecular weight excluding hydrogens is 284 g/mol. The Balaban J connectivity index is 1.92. The molecule has 1 saturated carbocycles. The zero-order chi connectivity index (χ0) is 16.2. The number of rotatable bonds is 5. The van der Waals surface area contributed by atoms with Gasteiger partial charge in [0.1, 0.15) is 0 Å². The summed E-state index contributed by atoms with van der Waals surface area (Å²) in [7, 11) is 0. The van der Waals surface area contributed by atoms with Crippen LogP contribution in [0.25, 0.3) is 10.8 Å². The number of hydrogen-bond acceptors (Lipinski definition) is 2. The van der Waals surface area contributed by atoms with Crippen LogP contribution < -0.4 is 5.73 Å². The second kappa shape index (κ2) is 7.14. The number of nitrogens with two attached hydrogens (primary N) is 1. The van der Waals surface area contributed by atoms with Gasteiger partial charge in [0.25, 0.3) is 0 Å². The van der Waals surface area contributed by atoms with Crippen molar-refractivity contribution in [1.82, 2.24) is 4.90 Å². The topological polar surface area (TPSA) is 46.3 Å². The van der Waals surface area contributed by atoms with Gasteiger partial charge in [-0.3, -0.25) is 4.79 Å². The Bertz CT molecular complexity index is 671. The van der Waals surface area contributed by atoms with E-state index in [1.807, 2.05) is 6.92 Å². The summed E-state index contributed by atoms with van der Waals surface area (Å²) in [6, 6.07) is 15.1. The zero-order valence-electron chi connectivity index (χ0n) is 13.9. The minimum Gasteiger partial charge on any atom is -0.335 e. The van der Waals surface area contributed by atoms with Crippen molar-refractivity contribution in [3.8, 4) is 0 Å². The molecule has 1 unspecified atom stereocenters. The molecule has 0 aromatic heterocycles. The fraction of sp³-hybridized carbons (Fsp3) is 0.450. The van der Waals surface area contributed by atoms with Gasteiger partial charge in [0, 0.05) is 25.0 Å². The maximum Gasteiger partial charge on any atom is 0.227 e. The Morgan fingerprint density at radius 1 is 1.17 bits per heavy atom. The van der Waals surface area contributed by atoms with Gasteiger partial charge in [-0.05, 0) is 29.2 Å². The van der Waals surface area contributed by atoms with Gasteiger partial charge < -0.3 is 10.6 Å². The van der Waals surface area contributed by atoms with Crippen molar-refractivity contribution in [3.63, 3.8) is 0 Å². The second-order valence-electron chi connectivity index (χ2n) is 6.68. The van der Waals surface area contributed by atoms with Crippen molar-refractivity contribution in [2.45, 2.75) is 45.2 Å². The van der Waals surface area contributed by atoms with Gasteiger partial charge in [-0.1, -0.05) is 62.2 Å². The fourth-order valence-corrected chi connectivity index (χ4v) is 3.60. The minimum absolute atomic E-state index is 0.106. The molecule has 2 N–H and O–H groups in total. The van der Waals surface area contributed by atoms with Crippen LogP contribution in [-0.2, 0) is 11.3 Å². The molecule has 1 amide bonds. The highest BCUT2D eigenvalue weighted by atomic mass is 16.2. The van der Waals surface area contributed by atoms with Crippen LogP contribution in [0.2, 0.25) is 0 Å². The highest BCUT2D eigenvalue weighted by Gasteiger charge is 2.29. The van der Waals surface area contributed by atoms with Crippen LogP contribution in [0.4, 0.5) is 0 Å². The molecule has 3 heteroatoms. The largest absolute Gasteiger partial charge is 0.335 e. The first-order valence-electron chi connectivity index (χ1n) is 8.68. The average Bonchev–Trinajstić information content (AvgIpc) is 3.12. The van der Waals surface area contributed by atoms with Gasteiger partial charge in [0.15, 0.2) is 0 Å². The van der Waals surface area contributed by atoms with Gasteiger partial charge in [-0.25, -0.2) is 0 Å². The van der Waals surface area contributed by atoms with Crippen molar-refractivity contribution in [3.05, 3.63) is 48.0 Å². The third-order valence-electron chi connectivity index (χ3n) is 5.04. The van der Waals surface area contributed by atoms with Crippen molar-refractivity contribution >= 4 is 16.7 Å². The average molecular weight is 310 g/mol. The molecule has 2 aromatic rings. The normalized spacial score (nSPS) is 16.6. The third-order valence-corrected chi connectivity index (χ3v) is 5.04. The van der Waals surface area contributed by atoms with Crippen LogP contribution in [0, 0.1) is 5.92 Å². The molecule has 3 rings (SSSR count). The van der Waals surface area contributed by atoms with E-state index in [9.17, 15) is 4.79 Å². The predicted molar refractivity (Wildman–Crippen MR) is 95.0 cm³/mol. The quantitative estimate of drug-likeness (QED) is 0.915. The number of benzene rings is 2. The predicted octanol–water partition coefficient (Wildman–Crippen LogP) is 3.71. The summed E-state index contributed by atoms with van der Waals surface area (Å²) in [6.45, 7) is 3.04. The van der Waals surface area contributed by atoms with E-state index in [0.717, 1.165) is 12.8 Å². The standard InChI is InChI=1S/C20H26N2O/c1-15(13-21)20(23)22(18-10-3-4-11-18)14-17-9-6-8-16-7-2-5-12-19(16)17/h2,5-9,12,15,18H,3-4,10-11,13-14,21H2,1H3. The van der Waals surface area contributed by atoms with Crippen molar-refractivity contribution in [2.24, 2.45) is 11.7 Å². The Morgan fingerprint density at radius 3 is 2.61 bits per heavy atom. The molecule has 1 fully saturated rings. The lowest BCUT2D eigenvalue weighted by Gasteiger charge is -2.31. The van der Waals surface area contributed by atoms with Crippen LogP contribution >= 0.6 is 0 Å². The Hall–Kier alpha value is -1.87. The second-order valence-corrected chi connectivity index (χ2v) is 6.68. The lowest BCUT2D eigenvalue weighted by molar-refractivity contribution is -0.137. The van der Waals surface area contributed by atoms with E-state index in [1.54, 1.807) is 0 Å². The van der Waals surface area contributed by atoms with Crippen LogP contribution in [0.5, 0.6) is 0 Å². The zero-order valence-corrected chi connectivity index (χ0v) is 13.9. The first kappa shape index (κ1) is 16.0. The summed E-state index contributed by atoms with van der Waals surface area (Å²) in [5.74, 6) is 0.0953. The van der Waals surface area contributed by atoms with E-state index in [0.29, 0.717) is 19.1 Å². The molecule has 0 heterocycles. The summed E-state index contributed by atoms with van der Waals surface area (Å²) in [6.07, 6.45) is 4.68. The highest BCUT2D eigenvalue weighted by Crippen LogP contribution is 2.28. The van der Waals surface area contributed by atoms with E-state index < -0.39 is 0 Å². The van der Waals surface area contributed by atoms with Gasteiger partial charge in [0.05, 0.1) is 0 Å². The molecule has 1 aliphatic rings. The number of carbonyl (C=O) groups excluding carboxylic acids is 1. The molecule has 0 spiro atoms. The molecule has 0 radical (unpaired) electrons. The highest BCUT2D eigenvalue weighted by molar-refractivity contribution is 5.86. The maximum absolute atomic E-state index is 12.8. The monoisotopic (exact) mass is 310 g/mol. The molecular formula is C20H26N2O. The number of carbonyl (C=O) groups is 1. The van der Waals surface area contributed by atoms with Gasteiger partial charge in [-0.2, -0.15) is 0 Å². The van der Waals surface area contributed by atoms with Crippen LogP contribution in [0.3, 0.4) is 0 Å². The Morgan fingerprint density at radius 2 is 1.87 bits per heavy atom. The minimum atomic E-state index is -0.106. The van der Waals surface area contributed by atoms with E-state index >= 15 is 0 Å². The molecule has 1 aliphatic carbocycles. The number of amides is 1. The molecule has 0 aliphatic heterocycles. The van der Waals surface area contributed by atoms with Crippen LogP contribution in [0.15, 0.2) is 42.5 Å². The van der Waals surface area contributed by atoms with Gasteiger partial charge >= 0.3 is 0 Å². The third kappa shape index (κ3) is 3.40. The number of nitrogens with zero attached hydrogens (tertiary/aromatic N) is 1. The SMILES string of the molecule is CC(CN)C(=O)N(Cc1cccc2ccccc12)C1CCCC1. The molecule has 0 saturated heterocycles. The summed E-state index contributed by atoms with van der Waals surface area (Å²) in [5, 5.41) is 2.47. The first-order valence-corrected chi connectivity index (χ1v) is 8.68. The van der Waals surface area contributed by atoms with Crippen LogP contribution in [0.1, 0.15) is 38.2 Å². The van der Waals surface area contributed by atoms with Gasteiger partial charge in [-0.15, -0.1) is 0 Å². The fourth-order valence-electron chi connectivity index (χ4n) is 3.60. The molecule has 122 valence electrons. The Kier molecular flexibility index (Phi) is 4.97. The van der Waals surface area contributed by atoms with Crippen molar-refractivity contribution in [2.75, 3.05) is 6.54 Å². The molecule has 23 heavy (non-hydrogen) atoms. The molecule has 3 nitrogen and oxygen atoms in total. The maximum atomic E-state index is 12.8. The summed E-state index contributed by atoms with van der Waals surface area (Å²) >= 11 is 0. The van der Waals surface area contributed by atoms with E-state index in [1.165, 1.54) is 29.2 Å². The van der Waals surface area contributed by atoms with Crippen molar-refractivity contribution in [1.29, 1.82) is 0 Å². The molecule has 2 aromatic carbocycles. The van der Waals surface area contributed by atoms with E-state index in [-0.39, 0.29) is 11.8 Å². The van der Waals surface area contributed by atoms with Crippen molar-refractivity contribution < 1.29 is 4.79 Å². The summed E-state index contributed by atoms with van der Waals surface area (Å²) in [4.78, 5) is 14.9. The van der Waals surface area contributed by atoms with E-state index in [4.69, 9.17) is 5.73 Å². The first-order chi connectivity index (χ1) is 11.2. The lowest BCUT2D eigenvalue weighted by atomic mass is 10.0. The lowest BCUT2D eigenvalue weighted by Crippen LogP contribution is -2.43. The van der Waals surface area contributed by atoms with Crippen LogP contribution in [-0.4, -0.2) is 23.4 Å². The molecule has 0 bridgehead atoms. The molecule has 1 atom stereocenters. The summed E-state index contributed by atoms with van der Waals surface area (Å²) in [5.41, 5.74) is 6.98. The number of hydrogen-bond donors (Lipinski definition) is 1. The summed E-state index contributed by atoms with van der Waals surface area (Å²) < 4.78 is 0. The number of fused-ring (bicyclic) bond motifs is 1. The smallest absolute Gasteiger partial charge is 0.227 e. The van der Waals surface area contributed by atoms with Gasteiger partial charge in [0.2, 0.25) is 5.91 Å².